The molecule has 1 aromatic heterocycles. The van der Waals surface area contributed by atoms with E-state index in [-0.39, 0.29) is 12.7 Å². The number of hydrogen-bond acceptors (Lipinski definition) is 6. The summed E-state index contributed by atoms with van der Waals surface area (Å²) in [5, 5.41) is 0. The molecule has 0 N–H and O–H groups in total. The Bertz CT molecular complexity index is 766. The lowest BCUT2D eigenvalue weighted by molar-refractivity contribution is -0.0956. The van der Waals surface area contributed by atoms with Gasteiger partial charge in [0.05, 0.1) is 19.4 Å². The van der Waals surface area contributed by atoms with Gasteiger partial charge in [0.25, 0.3) is 0 Å². The zero-order valence-corrected chi connectivity index (χ0v) is 29.1. The van der Waals surface area contributed by atoms with Crippen LogP contribution >= 0.6 is 0 Å². The summed E-state index contributed by atoms with van der Waals surface area (Å²) in [4.78, 5) is 18.2. The maximum Gasteiger partial charge on any atom is 0.409 e. The first kappa shape index (κ1) is 40.2. The van der Waals surface area contributed by atoms with Crippen LogP contribution in [0.25, 0.3) is 0 Å². The standard InChI is InChI=1S/C37H68N2O5/c1-5-6-7-8-9-10-11-12-13-14-15-16-17-18-20-23-29-39(3)36(40)44-34-37(2,41-4)33-42-30-24-21-19-22-25-31-43-35-27-26-28-38-32-35/h26-28,32H,5-25,29-31,33-34H2,1-4H3. The third-order valence-electron chi connectivity index (χ3n) is 8.40. The molecule has 0 spiro atoms. The van der Waals surface area contributed by atoms with Gasteiger partial charge in [0, 0.05) is 33.5 Å². The number of rotatable bonds is 31. The van der Waals surface area contributed by atoms with Crippen LogP contribution in [-0.2, 0) is 14.2 Å². The molecular weight excluding hydrogens is 552 g/mol. The van der Waals surface area contributed by atoms with E-state index in [4.69, 9.17) is 18.9 Å². The summed E-state index contributed by atoms with van der Waals surface area (Å²) in [5.74, 6) is 0.829. The molecule has 1 atom stereocenters. The number of pyridine rings is 1. The molecule has 1 rings (SSSR count). The fraction of sp³-hybridized carbons (Fsp3) is 0.838. The average Bonchev–Trinajstić information content (AvgIpc) is 3.04. The number of nitrogens with zero attached hydrogens (tertiary/aromatic N) is 2. The van der Waals surface area contributed by atoms with Gasteiger partial charge in [-0.3, -0.25) is 4.98 Å². The second kappa shape index (κ2) is 28.6. The van der Waals surface area contributed by atoms with Crippen molar-refractivity contribution in [3.63, 3.8) is 0 Å². The molecule has 1 unspecified atom stereocenters. The molecule has 256 valence electrons. The van der Waals surface area contributed by atoms with Crippen LogP contribution in [0.3, 0.4) is 0 Å². The molecule has 0 aliphatic rings. The number of ether oxygens (including phenoxy) is 4. The minimum atomic E-state index is -0.644. The molecular formula is C37H68N2O5. The van der Waals surface area contributed by atoms with Crippen molar-refractivity contribution in [3.05, 3.63) is 24.5 Å². The molecule has 0 bridgehead atoms. The Kier molecular flexibility index (Phi) is 26.1. The molecule has 0 fully saturated rings. The maximum atomic E-state index is 12.5. The topological polar surface area (TPSA) is 70.1 Å². The number of hydrogen-bond donors (Lipinski definition) is 0. The molecule has 1 heterocycles. The van der Waals surface area contributed by atoms with E-state index in [2.05, 4.69) is 11.9 Å². The molecule has 7 heteroatoms. The SMILES string of the molecule is CCCCCCCCCCCCCCCCCCN(C)C(=O)OCC(C)(COCCCCCCCOc1cccnc1)OC. The highest BCUT2D eigenvalue weighted by molar-refractivity contribution is 5.67. The predicted molar refractivity (Wildman–Crippen MR) is 183 cm³/mol. The Morgan fingerprint density at radius 2 is 1.27 bits per heavy atom. The normalized spacial score (nSPS) is 12.6. The van der Waals surface area contributed by atoms with Gasteiger partial charge in [0.2, 0.25) is 0 Å². The summed E-state index contributed by atoms with van der Waals surface area (Å²) >= 11 is 0. The first-order chi connectivity index (χ1) is 21.5. The van der Waals surface area contributed by atoms with E-state index in [9.17, 15) is 4.79 Å². The monoisotopic (exact) mass is 621 g/mol. The molecule has 0 aliphatic carbocycles. The van der Waals surface area contributed by atoms with Crippen LogP contribution in [0, 0.1) is 0 Å². The summed E-state index contributed by atoms with van der Waals surface area (Å²) in [5.41, 5.74) is -0.644. The minimum absolute atomic E-state index is 0.183. The first-order valence-electron chi connectivity index (χ1n) is 18.0. The van der Waals surface area contributed by atoms with E-state index in [0.717, 1.165) is 57.4 Å². The van der Waals surface area contributed by atoms with Crippen molar-refractivity contribution >= 4 is 6.09 Å². The van der Waals surface area contributed by atoms with E-state index in [1.165, 1.54) is 96.3 Å². The molecule has 0 saturated carbocycles. The van der Waals surface area contributed by atoms with Crippen molar-refractivity contribution < 1.29 is 23.7 Å². The van der Waals surface area contributed by atoms with Gasteiger partial charge < -0.3 is 23.8 Å². The van der Waals surface area contributed by atoms with Crippen molar-refractivity contribution in [2.45, 2.75) is 154 Å². The zero-order valence-electron chi connectivity index (χ0n) is 29.1. The summed E-state index contributed by atoms with van der Waals surface area (Å²) in [6.45, 7) is 6.93. The van der Waals surface area contributed by atoms with E-state index < -0.39 is 5.60 Å². The minimum Gasteiger partial charge on any atom is -0.492 e. The van der Waals surface area contributed by atoms with Gasteiger partial charge in [0.1, 0.15) is 18.0 Å². The Labute approximate surface area is 271 Å². The van der Waals surface area contributed by atoms with Gasteiger partial charge >= 0.3 is 6.09 Å². The zero-order chi connectivity index (χ0) is 32.0. The summed E-state index contributed by atoms with van der Waals surface area (Å²) in [6, 6.07) is 3.81. The van der Waals surface area contributed by atoms with E-state index in [0.29, 0.717) is 13.2 Å². The van der Waals surface area contributed by atoms with Crippen LogP contribution in [0.4, 0.5) is 4.79 Å². The van der Waals surface area contributed by atoms with Gasteiger partial charge in [-0.1, -0.05) is 122 Å². The summed E-state index contributed by atoms with van der Waals surface area (Å²) < 4.78 is 22.8. The Hall–Kier alpha value is -1.86. The highest BCUT2D eigenvalue weighted by atomic mass is 16.6. The fourth-order valence-corrected chi connectivity index (χ4v) is 5.22. The molecule has 0 radical (unpaired) electrons. The van der Waals surface area contributed by atoms with Crippen LogP contribution in [0.2, 0.25) is 0 Å². The van der Waals surface area contributed by atoms with Crippen molar-refractivity contribution in [3.8, 4) is 5.75 Å². The maximum absolute atomic E-state index is 12.5. The molecule has 0 aliphatic heterocycles. The molecule has 44 heavy (non-hydrogen) atoms. The van der Waals surface area contributed by atoms with Crippen LogP contribution < -0.4 is 4.74 Å². The number of carbonyl (C=O) groups is 1. The lowest BCUT2D eigenvalue weighted by Gasteiger charge is -2.28. The molecule has 1 amide bonds. The average molecular weight is 621 g/mol. The quantitative estimate of drug-likeness (QED) is 0.0769. The highest BCUT2D eigenvalue weighted by Crippen LogP contribution is 2.15. The summed E-state index contributed by atoms with van der Waals surface area (Å²) in [6.07, 6.45) is 30.2. The lowest BCUT2D eigenvalue weighted by atomic mass is 10.0. The smallest absolute Gasteiger partial charge is 0.409 e. The van der Waals surface area contributed by atoms with E-state index in [1.807, 2.05) is 26.1 Å². The van der Waals surface area contributed by atoms with Crippen molar-refractivity contribution in [2.75, 3.05) is 47.1 Å². The molecule has 0 aromatic carbocycles. The van der Waals surface area contributed by atoms with Crippen LogP contribution in [0.5, 0.6) is 5.75 Å². The highest BCUT2D eigenvalue weighted by Gasteiger charge is 2.27. The predicted octanol–water partition coefficient (Wildman–Crippen LogP) is 10.2. The van der Waals surface area contributed by atoms with E-state index >= 15 is 0 Å². The van der Waals surface area contributed by atoms with Gasteiger partial charge in [-0.15, -0.1) is 0 Å². The van der Waals surface area contributed by atoms with Crippen LogP contribution in [0.15, 0.2) is 24.5 Å². The van der Waals surface area contributed by atoms with Crippen molar-refractivity contribution in [1.29, 1.82) is 0 Å². The Morgan fingerprint density at radius 1 is 0.750 bits per heavy atom. The van der Waals surface area contributed by atoms with Gasteiger partial charge in [-0.2, -0.15) is 0 Å². The fourth-order valence-electron chi connectivity index (χ4n) is 5.22. The van der Waals surface area contributed by atoms with Crippen LogP contribution in [0.1, 0.15) is 149 Å². The second-order valence-electron chi connectivity index (χ2n) is 12.8. The van der Waals surface area contributed by atoms with Gasteiger partial charge in [-0.25, -0.2) is 4.79 Å². The van der Waals surface area contributed by atoms with Crippen molar-refractivity contribution in [1.82, 2.24) is 9.88 Å². The Morgan fingerprint density at radius 3 is 1.80 bits per heavy atom. The molecule has 7 nitrogen and oxygen atoms in total. The summed E-state index contributed by atoms with van der Waals surface area (Å²) in [7, 11) is 3.46. The first-order valence-corrected chi connectivity index (χ1v) is 18.0. The number of aromatic nitrogens is 1. The molecule has 0 saturated heterocycles. The largest absolute Gasteiger partial charge is 0.492 e. The van der Waals surface area contributed by atoms with Gasteiger partial charge in [0.15, 0.2) is 0 Å². The number of methoxy groups -OCH3 is 1. The van der Waals surface area contributed by atoms with Crippen LogP contribution in [-0.4, -0.2) is 68.7 Å². The number of unbranched alkanes of at least 4 members (excludes halogenated alkanes) is 19. The third-order valence-corrected chi connectivity index (χ3v) is 8.40. The van der Waals surface area contributed by atoms with Gasteiger partial charge in [-0.05, 0) is 38.3 Å². The third kappa shape index (κ3) is 23.5. The molecule has 1 aromatic rings. The van der Waals surface area contributed by atoms with E-state index in [1.54, 1.807) is 24.4 Å². The lowest BCUT2D eigenvalue weighted by Crippen LogP contribution is -2.41. The number of amides is 1. The second-order valence-corrected chi connectivity index (χ2v) is 12.8. The Balaban J connectivity index is 1.93. The van der Waals surface area contributed by atoms with Crippen molar-refractivity contribution in [2.24, 2.45) is 0 Å². The number of carbonyl (C=O) groups excluding carboxylic acids is 1.